The fourth-order valence-corrected chi connectivity index (χ4v) is 2.86. The fraction of sp³-hybridized carbons (Fsp3) is 0.842. The number of rotatable bonds is 15. The molecule has 0 aromatic carbocycles. The fourth-order valence-electron chi connectivity index (χ4n) is 2.86. The smallest absolute Gasteiger partial charge is 0.246 e. The van der Waals surface area contributed by atoms with E-state index in [2.05, 4.69) is 24.6 Å². The molecule has 0 aromatic rings. The molecule has 0 bridgehead atoms. The zero-order chi connectivity index (χ0) is 16.6. The summed E-state index contributed by atoms with van der Waals surface area (Å²) in [5.41, 5.74) is 4.60. The number of nitrogens with one attached hydrogen (secondary N) is 1. The standard InChI is InChI=1S/C19H38N2O.ClH/c1-4-5-6-7-8-9-10-12-18(14-15-20)13-11-16-21-19(22)17(2)3;/h18H,2,4-16,20H2,1,3H3,(H,21,22);1H. The molecule has 0 spiro atoms. The largest absolute Gasteiger partial charge is 1.00 e. The number of amides is 1. The second kappa shape index (κ2) is 17.8. The Hall–Kier alpha value is -0.540. The predicted octanol–water partition coefficient (Wildman–Crippen LogP) is 0.852. The average molecular weight is 347 g/mol. The molecular weight excluding hydrogens is 308 g/mol. The van der Waals surface area contributed by atoms with Crippen LogP contribution in [0.3, 0.4) is 0 Å². The first-order chi connectivity index (χ1) is 10.6. The Bertz CT molecular complexity index is 295. The zero-order valence-corrected chi connectivity index (χ0v) is 16.2. The van der Waals surface area contributed by atoms with Gasteiger partial charge < -0.3 is 23.5 Å². The third kappa shape index (κ3) is 16.1. The molecule has 3 nitrogen and oxygen atoms in total. The number of unbranched alkanes of at least 4 members (excludes halogenated alkanes) is 6. The lowest BCUT2D eigenvalue weighted by molar-refractivity contribution is -0.370. The molecule has 4 heteroatoms. The van der Waals surface area contributed by atoms with E-state index in [9.17, 15) is 4.79 Å². The summed E-state index contributed by atoms with van der Waals surface area (Å²) in [7, 11) is 0. The first kappa shape index (κ1) is 24.7. The summed E-state index contributed by atoms with van der Waals surface area (Å²) in [6.45, 7) is 9.47. The lowest BCUT2D eigenvalue weighted by atomic mass is 9.92. The number of hydrogen-bond acceptors (Lipinski definition) is 1. The summed E-state index contributed by atoms with van der Waals surface area (Å²) in [5, 5.41) is 2.92. The van der Waals surface area contributed by atoms with Crippen molar-refractivity contribution >= 4 is 5.91 Å². The highest BCUT2D eigenvalue weighted by Gasteiger charge is 2.09. The maximum Gasteiger partial charge on any atom is 0.246 e. The van der Waals surface area contributed by atoms with Gasteiger partial charge >= 0.3 is 0 Å². The number of halogens is 1. The highest BCUT2D eigenvalue weighted by atomic mass is 35.5. The molecule has 0 aromatic heterocycles. The van der Waals surface area contributed by atoms with Crippen molar-refractivity contribution in [1.29, 1.82) is 0 Å². The van der Waals surface area contributed by atoms with Crippen LogP contribution in [0.15, 0.2) is 12.2 Å². The van der Waals surface area contributed by atoms with Gasteiger partial charge in [0.15, 0.2) is 0 Å². The van der Waals surface area contributed by atoms with Gasteiger partial charge in [-0.15, -0.1) is 0 Å². The number of hydrogen-bond donors (Lipinski definition) is 2. The maximum absolute atomic E-state index is 11.4. The van der Waals surface area contributed by atoms with Crippen LogP contribution >= 0.6 is 0 Å². The zero-order valence-electron chi connectivity index (χ0n) is 15.5. The van der Waals surface area contributed by atoms with Crippen molar-refractivity contribution in [2.24, 2.45) is 5.92 Å². The predicted molar refractivity (Wildman–Crippen MR) is 95.5 cm³/mol. The van der Waals surface area contributed by atoms with Crippen molar-refractivity contribution in [1.82, 2.24) is 5.32 Å². The van der Waals surface area contributed by atoms with Gasteiger partial charge in [-0.3, -0.25) is 4.79 Å². The van der Waals surface area contributed by atoms with Gasteiger partial charge in [-0.25, -0.2) is 0 Å². The summed E-state index contributed by atoms with van der Waals surface area (Å²) in [6.07, 6.45) is 14.5. The summed E-state index contributed by atoms with van der Waals surface area (Å²) in [5.74, 6) is 0.774. The molecule has 1 atom stereocenters. The van der Waals surface area contributed by atoms with Gasteiger partial charge in [-0.05, 0) is 32.1 Å². The molecule has 0 rings (SSSR count). The van der Waals surface area contributed by atoms with Crippen LogP contribution in [0.2, 0.25) is 0 Å². The minimum Gasteiger partial charge on any atom is -1.00 e. The molecule has 1 unspecified atom stereocenters. The molecule has 1 amide bonds. The number of carbonyl (C=O) groups excluding carboxylic acids is 1. The molecule has 0 aliphatic rings. The van der Waals surface area contributed by atoms with Crippen molar-refractivity contribution in [3.63, 3.8) is 0 Å². The highest BCUT2D eigenvalue weighted by molar-refractivity contribution is 5.91. The Morgan fingerprint density at radius 1 is 1.00 bits per heavy atom. The topological polar surface area (TPSA) is 56.7 Å². The van der Waals surface area contributed by atoms with E-state index in [-0.39, 0.29) is 18.3 Å². The van der Waals surface area contributed by atoms with Crippen LogP contribution < -0.4 is 23.5 Å². The molecule has 0 fully saturated rings. The van der Waals surface area contributed by atoms with Crippen LogP contribution in [-0.2, 0) is 4.79 Å². The van der Waals surface area contributed by atoms with Gasteiger partial charge in [0.1, 0.15) is 0 Å². The normalized spacial score (nSPS) is 11.6. The Balaban J connectivity index is 0. The van der Waals surface area contributed by atoms with E-state index in [0.717, 1.165) is 25.4 Å². The second-order valence-electron chi connectivity index (χ2n) is 6.60. The van der Waals surface area contributed by atoms with Gasteiger partial charge in [0.05, 0.1) is 6.54 Å². The first-order valence-electron chi connectivity index (χ1n) is 9.34. The van der Waals surface area contributed by atoms with E-state index >= 15 is 0 Å². The van der Waals surface area contributed by atoms with Crippen molar-refractivity contribution in [2.45, 2.75) is 84.5 Å². The maximum atomic E-state index is 11.4. The van der Waals surface area contributed by atoms with Crippen LogP contribution in [0.4, 0.5) is 0 Å². The second-order valence-corrected chi connectivity index (χ2v) is 6.60. The number of quaternary nitrogens is 1. The van der Waals surface area contributed by atoms with Crippen molar-refractivity contribution in [3.8, 4) is 0 Å². The lowest BCUT2D eigenvalue weighted by Crippen LogP contribution is -3.00. The molecule has 23 heavy (non-hydrogen) atoms. The first-order valence-corrected chi connectivity index (χ1v) is 9.34. The van der Waals surface area contributed by atoms with Crippen LogP contribution in [0.25, 0.3) is 0 Å². The van der Waals surface area contributed by atoms with E-state index in [0.29, 0.717) is 5.57 Å². The third-order valence-corrected chi connectivity index (χ3v) is 4.29. The molecule has 0 heterocycles. The van der Waals surface area contributed by atoms with Crippen molar-refractivity contribution in [3.05, 3.63) is 12.2 Å². The molecule has 0 saturated heterocycles. The SMILES string of the molecule is C=C(C)C(=O)NCCCC(CC[NH3+])CCCCCCCCC.[Cl-]. The van der Waals surface area contributed by atoms with Crippen LogP contribution in [-0.4, -0.2) is 19.0 Å². The van der Waals surface area contributed by atoms with E-state index in [4.69, 9.17) is 0 Å². The summed E-state index contributed by atoms with van der Waals surface area (Å²) in [4.78, 5) is 11.4. The van der Waals surface area contributed by atoms with Crippen LogP contribution in [0.1, 0.15) is 84.5 Å². The summed E-state index contributed by atoms with van der Waals surface area (Å²) >= 11 is 0. The van der Waals surface area contributed by atoms with Gasteiger partial charge in [-0.1, -0.05) is 64.9 Å². The van der Waals surface area contributed by atoms with Gasteiger partial charge in [0.25, 0.3) is 0 Å². The summed E-state index contributed by atoms with van der Waals surface area (Å²) in [6, 6.07) is 0. The van der Waals surface area contributed by atoms with E-state index in [1.807, 2.05) is 0 Å². The van der Waals surface area contributed by atoms with Crippen molar-refractivity contribution < 1.29 is 22.9 Å². The molecule has 4 N–H and O–H groups in total. The molecule has 0 radical (unpaired) electrons. The van der Waals surface area contributed by atoms with Crippen LogP contribution in [0, 0.1) is 5.92 Å². The minimum atomic E-state index is -0.0132. The Morgan fingerprint density at radius 2 is 1.57 bits per heavy atom. The quantitative estimate of drug-likeness (QED) is 0.335. The Morgan fingerprint density at radius 3 is 2.13 bits per heavy atom. The third-order valence-electron chi connectivity index (χ3n) is 4.29. The van der Waals surface area contributed by atoms with Gasteiger partial charge in [-0.2, -0.15) is 0 Å². The van der Waals surface area contributed by atoms with E-state index in [1.165, 1.54) is 64.2 Å². The van der Waals surface area contributed by atoms with Crippen LogP contribution in [0.5, 0.6) is 0 Å². The molecular formula is C19H39ClN2O. The van der Waals surface area contributed by atoms with Gasteiger partial charge in [0, 0.05) is 12.1 Å². The minimum absolute atomic E-state index is 0. The van der Waals surface area contributed by atoms with Crippen molar-refractivity contribution in [2.75, 3.05) is 13.1 Å². The molecule has 0 aliphatic heterocycles. The Kier molecular flexibility index (Phi) is 19.1. The lowest BCUT2D eigenvalue weighted by Gasteiger charge is -2.15. The molecule has 138 valence electrons. The number of carbonyl (C=O) groups is 1. The highest BCUT2D eigenvalue weighted by Crippen LogP contribution is 2.19. The van der Waals surface area contributed by atoms with Gasteiger partial charge in [0.2, 0.25) is 5.91 Å². The van der Waals surface area contributed by atoms with E-state index < -0.39 is 0 Å². The molecule has 0 aliphatic carbocycles. The Labute approximate surface area is 150 Å². The summed E-state index contributed by atoms with van der Waals surface area (Å²) < 4.78 is 0. The van der Waals surface area contributed by atoms with E-state index in [1.54, 1.807) is 6.92 Å². The molecule has 0 saturated carbocycles. The average Bonchev–Trinajstić information content (AvgIpc) is 2.50. The monoisotopic (exact) mass is 346 g/mol.